The SMILES string of the molecule is Cc1nc(Br)ccc1NC1CCN(CC(=O)N(C)C)CC1. The van der Waals surface area contributed by atoms with Gasteiger partial charge in [-0.3, -0.25) is 9.69 Å². The van der Waals surface area contributed by atoms with E-state index in [2.05, 4.69) is 37.2 Å². The van der Waals surface area contributed by atoms with E-state index < -0.39 is 0 Å². The van der Waals surface area contributed by atoms with Crippen LogP contribution >= 0.6 is 15.9 Å². The smallest absolute Gasteiger partial charge is 0.236 e. The molecular weight excluding hydrogens is 332 g/mol. The first-order valence-corrected chi connectivity index (χ1v) is 8.07. The first-order valence-electron chi connectivity index (χ1n) is 7.28. The molecule has 0 bridgehead atoms. The molecule has 2 rings (SSSR count). The average molecular weight is 355 g/mol. The Hall–Kier alpha value is -1.14. The van der Waals surface area contributed by atoms with Crippen molar-refractivity contribution in [1.82, 2.24) is 14.8 Å². The number of piperidine rings is 1. The van der Waals surface area contributed by atoms with Crippen molar-refractivity contribution < 1.29 is 4.79 Å². The number of hydrogen-bond donors (Lipinski definition) is 1. The quantitative estimate of drug-likeness (QED) is 0.841. The molecule has 116 valence electrons. The summed E-state index contributed by atoms with van der Waals surface area (Å²) in [4.78, 5) is 20.0. The van der Waals surface area contributed by atoms with Gasteiger partial charge in [0.1, 0.15) is 4.60 Å². The van der Waals surface area contributed by atoms with Crippen molar-refractivity contribution in [3.63, 3.8) is 0 Å². The fourth-order valence-electron chi connectivity index (χ4n) is 2.47. The molecule has 1 aliphatic rings. The van der Waals surface area contributed by atoms with Gasteiger partial charge in [-0.1, -0.05) is 0 Å². The summed E-state index contributed by atoms with van der Waals surface area (Å²) in [5.74, 6) is 0.175. The lowest BCUT2D eigenvalue weighted by atomic mass is 10.0. The van der Waals surface area contributed by atoms with E-state index in [9.17, 15) is 4.79 Å². The van der Waals surface area contributed by atoms with Crippen molar-refractivity contribution in [1.29, 1.82) is 0 Å². The third kappa shape index (κ3) is 4.68. The highest BCUT2D eigenvalue weighted by molar-refractivity contribution is 9.10. The number of aromatic nitrogens is 1. The first-order chi connectivity index (χ1) is 9.95. The molecule has 1 fully saturated rings. The number of anilines is 1. The van der Waals surface area contributed by atoms with Gasteiger partial charge >= 0.3 is 0 Å². The van der Waals surface area contributed by atoms with Gasteiger partial charge in [-0.2, -0.15) is 0 Å². The maximum absolute atomic E-state index is 11.7. The second-order valence-corrected chi connectivity index (χ2v) is 6.56. The van der Waals surface area contributed by atoms with E-state index in [1.54, 1.807) is 19.0 Å². The van der Waals surface area contributed by atoms with Crippen LogP contribution in [-0.4, -0.2) is 60.5 Å². The lowest BCUT2D eigenvalue weighted by Gasteiger charge is -2.33. The molecule has 6 heteroatoms. The minimum absolute atomic E-state index is 0.175. The van der Waals surface area contributed by atoms with E-state index in [0.717, 1.165) is 41.9 Å². The second-order valence-electron chi connectivity index (χ2n) is 5.75. The van der Waals surface area contributed by atoms with Crippen molar-refractivity contribution in [2.45, 2.75) is 25.8 Å². The van der Waals surface area contributed by atoms with Crippen LogP contribution in [0.3, 0.4) is 0 Å². The molecule has 0 unspecified atom stereocenters. The monoisotopic (exact) mass is 354 g/mol. The van der Waals surface area contributed by atoms with Crippen LogP contribution < -0.4 is 5.32 Å². The molecule has 0 spiro atoms. The normalized spacial score (nSPS) is 16.8. The number of nitrogens with zero attached hydrogens (tertiary/aromatic N) is 3. The zero-order valence-corrected chi connectivity index (χ0v) is 14.5. The number of rotatable bonds is 4. The number of amides is 1. The van der Waals surface area contributed by atoms with E-state index >= 15 is 0 Å². The van der Waals surface area contributed by atoms with Crippen LogP contribution in [0.2, 0.25) is 0 Å². The van der Waals surface area contributed by atoms with Crippen molar-refractivity contribution >= 4 is 27.5 Å². The van der Waals surface area contributed by atoms with Crippen LogP contribution in [0.5, 0.6) is 0 Å². The molecule has 0 radical (unpaired) electrons. The Balaban J connectivity index is 1.83. The molecule has 0 aliphatic carbocycles. The number of carbonyl (C=O) groups excluding carboxylic acids is 1. The van der Waals surface area contributed by atoms with Gasteiger partial charge in [-0.25, -0.2) is 4.98 Å². The van der Waals surface area contributed by atoms with E-state index in [1.165, 1.54) is 0 Å². The summed E-state index contributed by atoms with van der Waals surface area (Å²) in [5.41, 5.74) is 2.11. The summed E-state index contributed by atoms with van der Waals surface area (Å²) in [5, 5.41) is 3.57. The summed E-state index contributed by atoms with van der Waals surface area (Å²) in [6.45, 7) is 4.46. The van der Waals surface area contributed by atoms with E-state index in [-0.39, 0.29) is 5.91 Å². The van der Waals surface area contributed by atoms with E-state index in [4.69, 9.17) is 0 Å². The highest BCUT2D eigenvalue weighted by atomic mass is 79.9. The summed E-state index contributed by atoms with van der Waals surface area (Å²) < 4.78 is 0.863. The highest BCUT2D eigenvalue weighted by Gasteiger charge is 2.21. The number of likely N-dealkylation sites (N-methyl/N-ethyl adjacent to an activating group) is 1. The maximum Gasteiger partial charge on any atom is 0.236 e. The Morgan fingerprint density at radius 3 is 2.67 bits per heavy atom. The third-order valence-corrected chi connectivity index (χ3v) is 4.30. The number of pyridine rings is 1. The summed E-state index contributed by atoms with van der Waals surface area (Å²) in [6, 6.07) is 4.48. The van der Waals surface area contributed by atoms with Crippen LogP contribution in [-0.2, 0) is 4.79 Å². The van der Waals surface area contributed by atoms with Crippen molar-refractivity contribution in [3.8, 4) is 0 Å². The molecule has 21 heavy (non-hydrogen) atoms. The molecule has 1 amide bonds. The summed E-state index contributed by atoms with van der Waals surface area (Å²) in [6.07, 6.45) is 2.10. The maximum atomic E-state index is 11.7. The predicted molar refractivity (Wildman–Crippen MR) is 88.5 cm³/mol. The Morgan fingerprint density at radius 1 is 1.43 bits per heavy atom. The summed E-state index contributed by atoms with van der Waals surface area (Å²) in [7, 11) is 3.61. The highest BCUT2D eigenvalue weighted by Crippen LogP contribution is 2.20. The van der Waals surface area contributed by atoms with Crippen molar-refractivity contribution in [2.24, 2.45) is 0 Å². The minimum Gasteiger partial charge on any atom is -0.381 e. The van der Waals surface area contributed by atoms with Gasteiger partial charge in [0, 0.05) is 33.2 Å². The molecule has 1 saturated heterocycles. The Labute approximate surface area is 134 Å². The molecule has 0 atom stereocenters. The number of likely N-dealkylation sites (tertiary alicyclic amines) is 1. The Kier molecular flexibility index (Phi) is 5.58. The largest absolute Gasteiger partial charge is 0.381 e. The molecule has 5 nitrogen and oxygen atoms in total. The molecule has 1 aromatic heterocycles. The topological polar surface area (TPSA) is 48.5 Å². The second kappa shape index (κ2) is 7.22. The molecule has 1 aliphatic heterocycles. The van der Waals surface area contributed by atoms with Gasteiger partial charge in [-0.05, 0) is 47.8 Å². The standard InChI is InChI=1S/C15H23BrN4O/c1-11-13(4-5-14(16)17-11)18-12-6-8-20(9-7-12)10-15(21)19(2)3/h4-5,12,18H,6-10H2,1-3H3. The third-order valence-electron chi connectivity index (χ3n) is 3.86. The van der Waals surface area contributed by atoms with Gasteiger partial charge in [0.05, 0.1) is 17.9 Å². The zero-order valence-electron chi connectivity index (χ0n) is 12.9. The molecule has 0 aromatic carbocycles. The van der Waals surface area contributed by atoms with Gasteiger partial charge in [-0.15, -0.1) is 0 Å². The number of hydrogen-bond acceptors (Lipinski definition) is 4. The number of carbonyl (C=O) groups is 1. The van der Waals surface area contributed by atoms with Crippen molar-refractivity contribution in [2.75, 3.05) is 39.0 Å². The number of aryl methyl sites for hydroxylation is 1. The summed E-state index contributed by atoms with van der Waals surface area (Å²) >= 11 is 3.38. The van der Waals surface area contributed by atoms with Gasteiger partial charge < -0.3 is 10.2 Å². The van der Waals surface area contributed by atoms with Gasteiger partial charge in [0.15, 0.2) is 0 Å². The fraction of sp³-hybridized carbons (Fsp3) is 0.600. The number of nitrogens with one attached hydrogen (secondary N) is 1. The van der Waals surface area contributed by atoms with Crippen LogP contribution in [0.4, 0.5) is 5.69 Å². The molecule has 1 N–H and O–H groups in total. The molecule has 1 aromatic rings. The first kappa shape index (κ1) is 16.2. The Morgan fingerprint density at radius 2 is 2.10 bits per heavy atom. The van der Waals surface area contributed by atoms with Gasteiger partial charge in [0.25, 0.3) is 0 Å². The Bertz CT molecular complexity index is 498. The van der Waals surface area contributed by atoms with E-state index in [0.29, 0.717) is 12.6 Å². The zero-order chi connectivity index (χ0) is 15.4. The molecular formula is C15H23BrN4O. The van der Waals surface area contributed by atoms with E-state index in [1.807, 2.05) is 13.0 Å². The van der Waals surface area contributed by atoms with Crippen molar-refractivity contribution in [3.05, 3.63) is 22.4 Å². The minimum atomic E-state index is 0.175. The predicted octanol–water partition coefficient (Wildman–Crippen LogP) is 2.12. The lowest BCUT2D eigenvalue weighted by Crippen LogP contribution is -2.44. The lowest BCUT2D eigenvalue weighted by molar-refractivity contribution is -0.130. The average Bonchev–Trinajstić information content (AvgIpc) is 2.43. The van der Waals surface area contributed by atoms with Crippen LogP contribution in [0.25, 0.3) is 0 Å². The molecule has 0 saturated carbocycles. The number of halogens is 1. The van der Waals surface area contributed by atoms with Crippen LogP contribution in [0, 0.1) is 6.92 Å². The van der Waals surface area contributed by atoms with Crippen LogP contribution in [0.1, 0.15) is 18.5 Å². The van der Waals surface area contributed by atoms with Gasteiger partial charge in [0.2, 0.25) is 5.91 Å². The molecule has 2 heterocycles. The fourth-order valence-corrected chi connectivity index (χ4v) is 2.87. The van der Waals surface area contributed by atoms with Crippen LogP contribution in [0.15, 0.2) is 16.7 Å².